The molecule has 0 saturated carbocycles. The van der Waals surface area contributed by atoms with Gasteiger partial charge in [0.15, 0.2) is 0 Å². The minimum Gasteiger partial charge on any atom is -0.492 e. The first-order valence-electron chi connectivity index (χ1n) is 6.40. The van der Waals surface area contributed by atoms with Gasteiger partial charge < -0.3 is 9.72 Å². The lowest BCUT2D eigenvalue weighted by molar-refractivity contribution is 0.299. The average molecular weight is 270 g/mol. The maximum atomic E-state index is 12.1. The molecule has 1 N–H and O–H groups in total. The van der Waals surface area contributed by atoms with Crippen LogP contribution in [0.4, 0.5) is 0 Å². The number of rotatable bonds is 5. The minimum atomic E-state index is -0.0543. The van der Waals surface area contributed by atoms with Crippen LogP contribution in [0.1, 0.15) is 6.42 Å². The van der Waals surface area contributed by atoms with Crippen molar-refractivity contribution < 1.29 is 4.74 Å². The molecule has 3 aromatic heterocycles. The Morgan fingerprint density at radius 1 is 1.35 bits per heavy atom. The van der Waals surface area contributed by atoms with Gasteiger partial charge in [-0.3, -0.25) is 14.3 Å². The lowest BCUT2D eigenvalue weighted by atomic mass is 10.4. The highest BCUT2D eigenvalue weighted by molar-refractivity contribution is 5.73. The van der Waals surface area contributed by atoms with E-state index in [0.29, 0.717) is 24.2 Å². The molecule has 102 valence electrons. The zero-order valence-corrected chi connectivity index (χ0v) is 10.8. The Morgan fingerprint density at radius 3 is 3.15 bits per heavy atom. The van der Waals surface area contributed by atoms with Crippen molar-refractivity contribution in [2.45, 2.75) is 13.0 Å². The summed E-state index contributed by atoms with van der Waals surface area (Å²) >= 11 is 0. The highest BCUT2D eigenvalue weighted by atomic mass is 16.5. The first-order chi connectivity index (χ1) is 9.84. The molecule has 6 heteroatoms. The molecule has 3 rings (SSSR count). The van der Waals surface area contributed by atoms with Crippen LogP contribution in [0.5, 0.6) is 5.75 Å². The molecule has 0 unspecified atom stereocenters. The fraction of sp³-hybridized carbons (Fsp3) is 0.214. The van der Waals surface area contributed by atoms with E-state index in [9.17, 15) is 4.79 Å². The summed E-state index contributed by atoms with van der Waals surface area (Å²) in [5.74, 6) is 0.734. The standard InChI is InChI=1S/C14H14N4O2/c19-14-13-12(4-6-16-13)17-10-18(14)7-2-8-20-11-3-1-5-15-9-11/h1,3-6,9-10,16H,2,7-8H2. The Hall–Kier alpha value is -2.63. The van der Waals surface area contributed by atoms with Gasteiger partial charge in [0.2, 0.25) is 0 Å². The van der Waals surface area contributed by atoms with Gasteiger partial charge in [-0.1, -0.05) is 0 Å². The molecule has 0 spiro atoms. The van der Waals surface area contributed by atoms with Crippen LogP contribution in [-0.4, -0.2) is 26.1 Å². The molecule has 6 nitrogen and oxygen atoms in total. The molecule has 0 amide bonds. The average Bonchev–Trinajstić information content (AvgIpc) is 2.96. The highest BCUT2D eigenvalue weighted by Gasteiger charge is 2.04. The van der Waals surface area contributed by atoms with E-state index in [4.69, 9.17) is 4.74 Å². The van der Waals surface area contributed by atoms with Crippen molar-refractivity contribution in [3.8, 4) is 5.75 Å². The number of H-pyrrole nitrogens is 1. The summed E-state index contributed by atoms with van der Waals surface area (Å²) in [7, 11) is 0. The van der Waals surface area contributed by atoms with Crippen molar-refractivity contribution in [1.29, 1.82) is 0 Å². The van der Waals surface area contributed by atoms with Crippen LogP contribution in [0.3, 0.4) is 0 Å². The van der Waals surface area contributed by atoms with Gasteiger partial charge in [0.05, 0.1) is 24.6 Å². The molecule has 0 bridgehead atoms. The molecule has 0 aliphatic heterocycles. The van der Waals surface area contributed by atoms with Gasteiger partial charge in [-0.15, -0.1) is 0 Å². The summed E-state index contributed by atoms with van der Waals surface area (Å²) in [4.78, 5) is 23.2. The minimum absolute atomic E-state index is 0.0543. The second-order valence-corrected chi connectivity index (χ2v) is 4.37. The number of aromatic amines is 1. The van der Waals surface area contributed by atoms with Crippen LogP contribution in [0.2, 0.25) is 0 Å². The summed E-state index contributed by atoms with van der Waals surface area (Å²) in [6.07, 6.45) is 7.38. The van der Waals surface area contributed by atoms with E-state index in [1.54, 1.807) is 35.6 Å². The number of aryl methyl sites for hydroxylation is 1. The van der Waals surface area contributed by atoms with Crippen LogP contribution in [0.15, 0.2) is 47.9 Å². The number of hydrogen-bond acceptors (Lipinski definition) is 4. The van der Waals surface area contributed by atoms with Gasteiger partial charge in [-0.2, -0.15) is 0 Å². The van der Waals surface area contributed by atoms with Gasteiger partial charge in [0.25, 0.3) is 5.56 Å². The molecule has 0 fully saturated rings. The van der Waals surface area contributed by atoms with E-state index in [1.807, 2.05) is 12.1 Å². The molecular formula is C14H14N4O2. The number of nitrogens with zero attached hydrogens (tertiary/aromatic N) is 3. The predicted molar refractivity (Wildman–Crippen MR) is 74.7 cm³/mol. The smallest absolute Gasteiger partial charge is 0.277 e. The molecule has 0 radical (unpaired) electrons. The van der Waals surface area contributed by atoms with E-state index >= 15 is 0 Å². The number of nitrogens with one attached hydrogen (secondary N) is 1. The normalized spacial score (nSPS) is 10.8. The highest BCUT2D eigenvalue weighted by Crippen LogP contribution is 2.07. The number of aromatic nitrogens is 4. The molecular weight excluding hydrogens is 256 g/mol. The summed E-state index contributed by atoms with van der Waals surface area (Å²) in [6.45, 7) is 1.10. The topological polar surface area (TPSA) is 72.8 Å². The quantitative estimate of drug-likeness (QED) is 0.714. The Kier molecular flexibility index (Phi) is 3.45. The van der Waals surface area contributed by atoms with Crippen LogP contribution < -0.4 is 10.3 Å². The molecule has 3 heterocycles. The number of ether oxygens (including phenoxy) is 1. The largest absolute Gasteiger partial charge is 0.492 e. The third kappa shape index (κ3) is 2.54. The second-order valence-electron chi connectivity index (χ2n) is 4.37. The lowest BCUT2D eigenvalue weighted by Gasteiger charge is -2.07. The van der Waals surface area contributed by atoms with Gasteiger partial charge in [0, 0.05) is 18.9 Å². The Bertz CT molecular complexity index is 748. The summed E-state index contributed by atoms with van der Waals surface area (Å²) in [6, 6.07) is 5.46. The van der Waals surface area contributed by atoms with Crippen LogP contribution in [0, 0.1) is 0 Å². The van der Waals surface area contributed by atoms with Crippen LogP contribution in [0.25, 0.3) is 11.0 Å². The van der Waals surface area contributed by atoms with Gasteiger partial charge >= 0.3 is 0 Å². The monoisotopic (exact) mass is 270 g/mol. The van der Waals surface area contributed by atoms with E-state index in [1.165, 1.54) is 0 Å². The van der Waals surface area contributed by atoms with Gasteiger partial charge in [-0.25, -0.2) is 4.98 Å². The number of pyridine rings is 1. The molecule has 0 aliphatic carbocycles. The summed E-state index contributed by atoms with van der Waals surface area (Å²) < 4.78 is 7.12. The summed E-state index contributed by atoms with van der Waals surface area (Å²) in [5, 5.41) is 0. The molecule has 20 heavy (non-hydrogen) atoms. The maximum Gasteiger partial charge on any atom is 0.277 e. The fourth-order valence-electron chi connectivity index (χ4n) is 1.98. The Morgan fingerprint density at radius 2 is 2.30 bits per heavy atom. The first-order valence-corrected chi connectivity index (χ1v) is 6.40. The van der Waals surface area contributed by atoms with Crippen molar-refractivity contribution in [2.24, 2.45) is 0 Å². The van der Waals surface area contributed by atoms with Crippen molar-refractivity contribution in [1.82, 2.24) is 19.5 Å². The fourth-order valence-corrected chi connectivity index (χ4v) is 1.98. The zero-order chi connectivity index (χ0) is 13.8. The van der Waals surface area contributed by atoms with Gasteiger partial charge in [-0.05, 0) is 24.6 Å². The van der Waals surface area contributed by atoms with Crippen LogP contribution >= 0.6 is 0 Å². The lowest BCUT2D eigenvalue weighted by Crippen LogP contribution is -2.21. The molecule has 0 saturated heterocycles. The van der Waals surface area contributed by atoms with Crippen molar-refractivity contribution >= 4 is 11.0 Å². The first kappa shape index (κ1) is 12.4. The number of hydrogen-bond donors (Lipinski definition) is 1. The van der Waals surface area contributed by atoms with Crippen LogP contribution in [-0.2, 0) is 6.54 Å². The molecule has 3 aromatic rings. The van der Waals surface area contributed by atoms with E-state index in [-0.39, 0.29) is 5.56 Å². The van der Waals surface area contributed by atoms with E-state index < -0.39 is 0 Å². The van der Waals surface area contributed by atoms with E-state index in [2.05, 4.69) is 15.0 Å². The predicted octanol–water partition coefficient (Wildman–Crippen LogP) is 1.59. The summed E-state index contributed by atoms with van der Waals surface area (Å²) in [5.41, 5.74) is 1.18. The van der Waals surface area contributed by atoms with Crippen molar-refractivity contribution in [3.63, 3.8) is 0 Å². The van der Waals surface area contributed by atoms with Crippen molar-refractivity contribution in [2.75, 3.05) is 6.61 Å². The van der Waals surface area contributed by atoms with Gasteiger partial charge in [0.1, 0.15) is 11.3 Å². The maximum absolute atomic E-state index is 12.1. The number of fused-ring (bicyclic) bond motifs is 1. The third-order valence-electron chi connectivity index (χ3n) is 2.98. The Balaban J connectivity index is 1.60. The van der Waals surface area contributed by atoms with E-state index in [0.717, 1.165) is 12.2 Å². The van der Waals surface area contributed by atoms with Crippen molar-refractivity contribution in [3.05, 3.63) is 53.5 Å². The second kappa shape index (κ2) is 5.56. The zero-order valence-electron chi connectivity index (χ0n) is 10.8. The SMILES string of the molecule is O=c1c2[nH]ccc2ncn1CCCOc1cccnc1. The Labute approximate surface area is 115 Å². The molecule has 0 aromatic carbocycles. The molecule has 0 atom stereocenters. The third-order valence-corrected chi connectivity index (χ3v) is 2.98. The molecule has 0 aliphatic rings.